The molecule has 0 N–H and O–H groups in total. The zero-order chi connectivity index (χ0) is 15.6. The smallest absolute Gasteiger partial charge is 0.410 e. The second-order valence-corrected chi connectivity index (χ2v) is 8.11. The van der Waals surface area contributed by atoms with E-state index in [2.05, 4.69) is 41.1 Å². The summed E-state index contributed by atoms with van der Waals surface area (Å²) >= 11 is 3.60. The number of carbonyl (C=O) groups is 1. The first-order valence-electron chi connectivity index (χ1n) is 7.44. The molecule has 1 aliphatic carbocycles. The van der Waals surface area contributed by atoms with Gasteiger partial charge in [0.1, 0.15) is 5.60 Å². The first kappa shape index (κ1) is 16.3. The van der Waals surface area contributed by atoms with Gasteiger partial charge in [0.15, 0.2) is 0 Å². The van der Waals surface area contributed by atoms with Gasteiger partial charge in [-0.05, 0) is 46.1 Å². The second-order valence-electron chi connectivity index (χ2n) is 6.82. The van der Waals surface area contributed by atoms with Gasteiger partial charge in [0.05, 0.1) is 0 Å². The molecule has 1 aromatic rings. The van der Waals surface area contributed by atoms with Crippen molar-refractivity contribution in [1.82, 2.24) is 4.90 Å². The average Bonchev–Trinajstić information content (AvgIpc) is 2.30. The van der Waals surface area contributed by atoms with Gasteiger partial charge in [0.2, 0.25) is 0 Å². The molecule has 0 bridgehead atoms. The van der Waals surface area contributed by atoms with Crippen molar-refractivity contribution >= 4 is 22.0 Å². The van der Waals surface area contributed by atoms with E-state index < -0.39 is 5.60 Å². The Kier molecular flexibility index (Phi) is 4.97. The molecule has 4 heteroatoms. The summed E-state index contributed by atoms with van der Waals surface area (Å²) in [7, 11) is 0. The normalized spacial score (nSPS) is 21.6. The molecule has 1 aliphatic rings. The summed E-state index contributed by atoms with van der Waals surface area (Å²) < 4.78 is 5.57. The Hall–Kier alpha value is -1.03. The van der Waals surface area contributed by atoms with Gasteiger partial charge in [0, 0.05) is 17.4 Å². The summed E-state index contributed by atoms with van der Waals surface area (Å²) in [5.74, 6) is 0. The Morgan fingerprint density at radius 1 is 1.38 bits per heavy atom. The van der Waals surface area contributed by atoms with Crippen LogP contribution in [0.4, 0.5) is 4.79 Å². The predicted octanol–water partition coefficient (Wildman–Crippen LogP) is 4.66. The number of amides is 1. The molecule has 0 saturated heterocycles. The fourth-order valence-electron chi connectivity index (χ4n) is 2.45. The summed E-state index contributed by atoms with van der Waals surface area (Å²) in [6, 6.07) is 8.56. The number of carbonyl (C=O) groups excluding carboxylic acids is 1. The van der Waals surface area contributed by atoms with E-state index in [0.29, 0.717) is 11.4 Å². The molecule has 0 unspecified atom stereocenters. The lowest BCUT2D eigenvalue weighted by Crippen LogP contribution is -2.49. The number of nitrogens with zero attached hydrogens (tertiary/aromatic N) is 1. The Balaban J connectivity index is 2.10. The third kappa shape index (κ3) is 4.73. The van der Waals surface area contributed by atoms with Gasteiger partial charge in [0.25, 0.3) is 0 Å². The molecule has 0 aromatic heterocycles. The maximum absolute atomic E-state index is 12.5. The van der Waals surface area contributed by atoms with Gasteiger partial charge >= 0.3 is 6.09 Å². The third-order valence-corrected chi connectivity index (χ3v) is 4.31. The van der Waals surface area contributed by atoms with Crippen LogP contribution >= 0.6 is 15.9 Å². The van der Waals surface area contributed by atoms with Gasteiger partial charge in [-0.1, -0.05) is 45.8 Å². The van der Waals surface area contributed by atoms with Crippen LogP contribution in [0.25, 0.3) is 0 Å². The highest BCUT2D eigenvalue weighted by molar-refractivity contribution is 9.09. The van der Waals surface area contributed by atoms with Crippen LogP contribution in [0.1, 0.15) is 44.7 Å². The van der Waals surface area contributed by atoms with E-state index in [9.17, 15) is 4.79 Å². The summed E-state index contributed by atoms with van der Waals surface area (Å²) in [4.78, 5) is 14.9. The third-order valence-electron chi connectivity index (χ3n) is 3.56. The van der Waals surface area contributed by atoms with Crippen molar-refractivity contribution in [3.05, 3.63) is 35.4 Å². The van der Waals surface area contributed by atoms with E-state index in [1.807, 2.05) is 31.7 Å². The van der Waals surface area contributed by atoms with E-state index in [0.717, 1.165) is 18.4 Å². The van der Waals surface area contributed by atoms with Gasteiger partial charge in [-0.15, -0.1) is 0 Å². The molecule has 0 spiro atoms. The number of benzene rings is 1. The van der Waals surface area contributed by atoms with Crippen LogP contribution in [-0.2, 0) is 11.3 Å². The van der Waals surface area contributed by atoms with Gasteiger partial charge in [-0.3, -0.25) is 0 Å². The highest BCUT2D eigenvalue weighted by Crippen LogP contribution is 2.33. The van der Waals surface area contributed by atoms with Crippen molar-refractivity contribution in [3.63, 3.8) is 0 Å². The summed E-state index contributed by atoms with van der Waals surface area (Å²) in [6.45, 7) is 8.40. The molecule has 1 aromatic carbocycles. The van der Waals surface area contributed by atoms with E-state index in [1.165, 1.54) is 5.56 Å². The van der Waals surface area contributed by atoms with Gasteiger partial charge < -0.3 is 9.64 Å². The second kappa shape index (κ2) is 6.39. The van der Waals surface area contributed by atoms with Crippen molar-refractivity contribution < 1.29 is 9.53 Å². The van der Waals surface area contributed by atoms with E-state index in [4.69, 9.17) is 4.74 Å². The van der Waals surface area contributed by atoms with Crippen LogP contribution < -0.4 is 0 Å². The number of alkyl halides is 1. The van der Waals surface area contributed by atoms with Gasteiger partial charge in [-0.25, -0.2) is 4.79 Å². The standard InChI is InChI=1S/C17H24BrNO2/c1-12-6-5-7-13(8-12)11-19(15-9-14(18)10-15)16(20)21-17(2,3)4/h5-8,14-15H,9-11H2,1-4H3. The highest BCUT2D eigenvalue weighted by atomic mass is 79.9. The SMILES string of the molecule is Cc1cccc(CN(C(=O)OC(C)(C)C)C2CC(Br)C2)c1. The topological polar surface area (TPSA) is 29.5 Å². The van der Waals surface area contributed by atoms with E-state index >= 15 is 0 Å². The number of ether oxygens (including phenoxy) is 1. The average molecular weight is 354 g/mol. The van der Waals surface area contributed by atoms with Crippen LogP contribution in [0.3, 0.4) is 0 Å². The lowest BCUT2D eigenvalue weighted by atomic mass is 9.91. The Labute approximate surface area is 135 Å². The van der Waals surface area contributed by atoms with E-state index in [1.54, 1.807) is 0 Å². The number of rotatable bonds is 3. The quantitative estimate of drug-likeness (QED) is 0.739. The van der Waals surface area contributed by atoms with Gasteiger partial charge in [-0.2, -0.15) is 0 Å². The number of hydrogen-bond donors (Lipinski definition) is 0. The van der Waals surface area contributed by atoms with Crippen molar-refractivity contribution in [1.29, 1.82) is 0 Å². The molecule has 3 nitrogen and oxygen atoms in total. The molecule has 1 fully saturated rings. The fourth-order valence-corrected chi connectivity index (χ4v) is 3.31. The first-order chi connectivity index (χ1) is 9.74. The minimum atomic E-state index is -0.459. The molecule has 2 rings (SSSR count). The fraction of sp³-hybridized carbons (Fsp3) is 0.588. The number of aryl methyl sites for hydroxylation is 1. The zero-order valence-electron chi connectivity index (χ0n) is 13.2. The molecular formula is C17H24BrNO2. The Morgan fingerprint density at radius 3 is 2.57 bits per heavy atom. The minimum Gasteiger partial charge on any atom is -0.444 e. The van der Waals surface area contributed by atoms with Crippen molar-refractivity contribution in [2.75, 3.05) is 0 Å². The maximum atomic E-state index is 12.5. The lowest BCUT2D eigenvalue weighted by Gasteiger charge is -2.41. The highest BCUT2D eigenvalue weighted by Gasteiger charge is 2.36. The molecule has 1 saturated carbocycles. The largest absolute Gasteiger partial charge is 0.444 e. The monoisotopic (exact) mass is 353 g/mol. The van der Waals surface area contributed by atoms with Crippen LogP contribution in [-0.4, -0.2) is 27.5 Å². The zero-order valence-corrected chi connectivity index (χ0v) is 14.8. The molecule has 0 aliphatic heterocycles. The minimum absolute atomic E-state index is 0.214. The summed E-state index contributed by atoms with van der Waals surface area (Å²) in [6.07, 6.45) is 1.77. The molecule has 1 amide bonds. The lowest BCUT2D eigenvalue weighted by molar-refractivity contribution is 0.00571. The molecule has 0 radical (unpaired) electrons. The maximum Gasteiger partial charge on any atom is 0.410 e. The Morgan fingerprint density at radius 2 is 2.05 bits per heavy atom. The molecule has 0 atom stereocenters. The first-order valence-corrected chi connectivity index (χ1v) is 8.35. The van der Waals surface area contributed by atoms with Crippen LogP contribution in [0.5, 0.6) is 0 Å². The molecule has 0 heterocycles. The van der Waals surface area contributed by atoms with Crippen LogP contribution in [0.2, 0.25) is 0 Å². The summed E-state index contributed by atoms with van der Waals surface area (Å²) in [5, 5.41) is 0. The molecule has 21 heavy (non-hydrogen) atoms. The van der Waals surface area contributed by atoms with Crippen molar-refractivity contribution in [2.24, 2.45) is 0 Å². The van der Waals surface area contributed by atoms with Crippen molar-refractivity contribution in [2.45, 2.75) is 63.6 Å². The van der Waals surface area contributed by atoms with E-state index in [-0.39, 0.29) is 12.1 Å². The number of hydrogen-bond acceptors (Lipinski definition) is 2. The number of halogens is 1. The molecule has 116 valence electrons. The Bertz CT molecular complexity index is 504. The molecular weight excluding hydrogens is 330 g/mol. The van der Waals surface area contributed by atoms with Crippen LogP contribution in [0.15, 0.2) is 24.3 Å². The van der Waals surface area contributed by atoms with Crippen molar-refractivity contribution in [3.8, 4) is 0 Å². The summed E-state index contributed by atoms with van der Waals surface area (Å²) in [5.41, 5.74) is 1.90. The van der Waals surface area contributed by atoms with Crippen LogP contribution in [0, 0.1) is 6.92 Å². The predicted molar refractivity (Wildman–Crippen MR) is 88.7 cm³/mol.